The molecule has 0 unspecified atom stereocenters. The van der Waals surface area contributed by atoms with Crippen LogP contribution in [0.25, 0.3) is 11.3 Å². The zero-order chi connectivity index (χ0) is 17.1. The third-order valence-electron chi connectivity index (χ3n) is 3.15. The minimum Gasteiger partial charge on any atom is -0.494 e. The van der Waals surface area contributed by atoms with E-state index < -0.39 is 0 Å². The molecular weight excluding hydrogens is 369 g/mol. The molecule has 0 aliphatic rings. The summed E-state index contributed by atoms with van der Waals surface area (Å²) in [5, 5.41) is 5.59. The highest BCUT2D eigenvalue weighted by atomic mass is 35.5. The molecule has 122 valence electrons. The number of pyridine rings is 1. The second-order valence-electron chi connectivity index (χ2n) is 4.71. The van der Waals surface area contributed by atoms with Gasteiger partial charge in [0.2, 0.25) is 0 Å². The van der Waals surface area contributed by atoms with E-state index in [1.54, 1.807) is 12.4 Å². The summed E-state index contributed by atoms with van der Waals surface area (Å²) in [4.78, 5) is 20.8. The predicted octanol–water partition coefficient (Wildman–Crippen LogP) is 4.77. The normalized spacial score (nSPS) is 10.5. The van der Waals surface area contributed by atoms with Gasteiger partial charge in [0.25, 0.3) is 5.91 Å². The number of nitrogens with zero attached hydrogens (tertiary/aromatic N) is 2. The average Bonchev–Trinajstić information content (AvgIpc) is 3.04. The molecule has 0 saturated carbocycles. The van der Waals surface area contributed by atoms with E-state index in [2.05, 4.69) is 15.3 Å². The number of hydrogen-bond acceptors (Lipinski definition) is 5. The SMILES string of the molecule is COc1c(Cl)cc(C(=O)Nc2nc(-c3cccnc3)cs2)cc1Cl. The maximum atomic E-state index is 12.3. The number of halogens is 2. The minimum atomic E-state index is -0.353. The van der Waals surface area contributed by atoms with Gasteiger partial charge >= 0.3 is 0 Å². The van der Waals surface area contributed by atoms with E-state index in [-0.39, 0.29) is 16.0 Å². The van der Waals surface area contributed by atoms with Crippen molar-refractivity contribution in [1.29, 1.82) is 0 Å². The second kappa shape index (κ2) is 7.17. The molecule has 3 rings (SSSR count). The van der Waals surface area contributed by atoms with Gasteiger partial charge < -0.3 is 4.74 Å². The molecule has 0 aliphatic carbocycles. The smallest absolute Gasteiger partial charge is 0.257 e. The van der Waals surface area contributed by atoms with Crippen molar-refractivity contribution < 1.29 is 9.53 Å². The van der Waals surface area contributed by atoms with Gasteiger partial charge in [-0.2, -0.15) is 0 Å². The van der Waals surface area contributed by atoms with Gasteiger partial charge in [-0.3, -0.25) is 15.1 Å². The molecule has 8 heteroatoms. The Morgan fingerprint density at radius 2 is 2.04 bits per heavy atom. The van der Waals surface area contributed by atoms with Crippen molar-refractivity contribution in [3.63, 3.8) is 0 Å². The van der Waals surface area contributed by atoms with Crippen molar-refractivity contribution in [1.82, 2.24) is 9.97 Å². The molecule has 0 fully saturated rings. The lowest BCUT2D eigenvalue weighted by atomic mass is 10.2. The Hall–Kier alpha value is -2.15. The average molecular weight is 380 g/mol. The number of benzene rings is 1. The van der Waals surface area contributed by atoms with E-state index in [1.807, 2.05) is 17.5 Å². The summed E-state index contributed by atoms with van der Waals surface area (Å²) >= 11 is 13.4. The van der Waals surface area contributed by atoms with Crippen LogP contribution in [-0.2, 0) is 0 Å². The number of aromatic nitrogens is 2. The number of nitrogens with one attached hydrogen (secondary N) is 1. The van der Waals surface area contributed by atoms with Crippen LogP contribution < -0.4 is 10.1 Å². The molecule has 2 heterocycles. The third kappa shape index (κ3) is 3.51. The molecular formula is C16H11Cl2N3O2S. The Kier molecular flexibility index (Phi) is 4.99. The summed E-state index contributed by atoms with van der Waals surface area (Å²) in [6.45, 7) is 0. The first-order valence-electron chi connectivity index (χ1n) is 6.79. The first-order valence-corrected chi connectivity index (χ1v) is 8.42. The Labute approximate surface area is 152 Å². The number of anilines is 1. The molecule has 5 nitrogen and oxygen atoms in total. The van der Waals surface area contributed by atoms with Crippen LogP contribution in [0.1, 0.15) is 10.4 Å². The van der Waals surface area contributed by atoms with Crippen molar-refractivity contribution in [3.05, 3.63) is 57.6 Å². The Bertz CT molecular complexity index is 861. The molecule has 1 amide bonds. The van der Waals surface area contributed by atoms with Gasteiger partial charge in [0.05, 0.1) is 22.8 Å². The topological polar surface area (TPSA) is 64.1 Å². The number of rotatable bonds is 4. The second-order valence-corrected chi connectivity index (χ2v) is 6.38. The van der Waals surface area contributed by atoms with Crippen molar-refractivity contribution in [2.45, 2.75) is 0 Å². The van der Waals surface area contributed by atoms with Gasteiger partial charge in [-0.05, 0) is 24.3 Å². The first-order chi connectivity index (χ1) is 11.6. The quantitative estimate of drug-likeness (QED) is 0.708. The summed E-state index contributed by atoms with van der Waals surface area (Å²) in [6.07, 6.45) is 3.40. The van der Waals surface area contributed by atoms with Gasteiger partial charge in [-0.1, -0.05) is 23.2 Å². The summed E-state index contributed by atoms with van der Waals surface area (Å²) < 4.78 is 5.07. The van der Waals surface area contributed by atoms with E-state index in [4.69, 9.17) is 27.9 Å². The number of hydrogen-bond donors (Lipinski definition) is 1. The van der Waals surface area contributed by atoms with Crippen molar-refractivity contribution in [3.8, 4) is 17.0 Å². The fraction of sp³-hybridized carbons (Fsp3) is 0.0625. The van der Waals surface area contributed by atoms with Gasteiger partial charge in [-0.15, -0.1) is 11.3 Å². The molecule has 0 aliphatic heterocycles. The highest BCUT2D eigenvalue weighted by Crippen LogP contribution is 2.34. The van der Waals surface area contributed by atoms with Crippen molar-refractivity contribution in [2.75, 3.05) is 12.4 Å². The van der Waals surface area contributed by atoms with Crippen LogP contribution in [0.15, 0.2) is 42.0 Å². The fourth-order valence-corrected chi connectivity index (χ4v) is 3.39. The summed E-state index contributed by atoms with van der Waals surface area (Å²) in [5.41, 5.74) is 1.95. The summed E-state index contributed by atoms with van der Waals surface area (Å²) in [6, 6.07) is 6.72. The van der Waals surface area contributed by atoms with Gasteiger partial charge in [-0.25, -0.2) is 4.98 Å². The van der Waals surface area contributed by atoms with Crippen LogP contribution in [0.5, 0.6) is 5.75 Å². The van der Waals surface area contributed by atoms with Crippen LogP contribution in [0.2, 0.25) is 10.0 Å². The van der Waals surface area contributed by atoms with Crippen LogP contribution in [0.3, 0.4) is 0 Å². The number of methoxy groups -OCH3 is 1. The maximum absolute atomic E-state index is 12.3. The lowest BCUT2D eigenvalue weighted by Gasteiger charge is -2.08. The van der Waals surface area contributed by atoms with E-state index in [0.29, 0.717) is 16.4 Å². The van der Waals surface area contributed by atoms with Crippen LogP contribution in [0, 0.1) is 0 Å². The van der Waals surface area contributed by atoms with Gasteiger partial charge in [0.15, 0.2) is 10.9 Å². The molecule has 0 spiro atoms. The van der Waals surface area contributed by atoms with Crippen LogP contribution in [0.4, 0.5) is 5.13 Å². The van der Waals surface area contributed by atoms with E-state index in [0.717, 1.165) is 11.3 Å². The first kappa shape index (κ1) is 16.7. The van der Waals surface area contributed by atoms with Crippen LogP contribution in [-0.4, -0.2) is 23.0 Å². The van der Waals surface area contributed by atoms with Gasteiger partial charge in [0.1, 0.15) is 0 Å². The van der Waals surface area contributed by atoms with E-state index >= 15 is 0 Å². The lowest BCUT2D eigenvalue weighted by Crippen LogP contribution is -2.12. The summed E-state index contributed by atoms with van der Waals surface area (Å²) in [7, 11) is 1.46. The monoisotopic (exact) mass is 379 g/mol. The van der Waals surface area contributed by atoms with E-state index in [9.17, 15) is 4.79 Å². The zero-order valence-electron chi connectivity index (χ0n) is 12.4. The molecule has 0 saturated heterocycles. The largest absolute Gasteiger partial charge is 0.494 e. The Balaban J connectivity index is 1.80. The van der Waals surface area contributed by atoms with Crippen molar-refractivity contribution in [2.24, 2.45) is 0 Å². The maximum Gasteiger partial charge on any atom is 0.257 e. The number of thiazole rings is 1. The van der Waals surface area contributed by atoms with E-state index in [1.165, 1.54) is 30.6 Å². The molecule has 0 radical (unpaired) electrons. The number of amides is 1. The predicted molar refractivity (Wildman–Crippen MR) is 96.3 cm³/mol. The van der Waals surface area contributed by atoms with Gasteiger partial charge in [0, 0.05) is 28.9 Å². The molecule has 0 atom stereocenters. The fourth-order valence-electron chi connectivity index (χ4n) is 2.03. The van der Waals surface area contributed by atoms with Crippen LogP contribution >= 0.6 is 34.5 Å². The summed E-state index contributed by atoms with van der Waals surface area (Å²) in [5.74, 6) is -0.0171. The molecule has 0 bridgehead atoms. The highest BCUT2D eigenvalue weighted by Gasteiger charge is 2.15. The number of carbonyl (C=O) groups excluding carboxylic acids is 1. The molecule has 24 heavy (non-hydrogen) atoms. The highest BCUT2D eigenvalue weighted by molar-refractivity contribution is 7.14. The molecule has 2 aromatic heterocycles. The van der Waals surface area contributed by atoms with Crippen molar-refractivity contribution >= 4 is 45.6 Å². The lowest BCUT2D eigenvalue weighted by molar-refractivity contribution is 0.102. The zero-order valence-corrected chi connectivity index (χ0v) is 14.7. The molecule has 1 N–H and O–H groups in total. The third-order valence-corrected chi connectivity index (χ3v) is 4.47. The Morgan fingerprint density at radius 1 is 1.29 bits per heavy atom. The number of carbonyl (C=O) groups is 1. The minimum absolute atomic E-state index is 0.269. The standard InChI is InChI=1S/C16H11Cl2N3O2S/c1-23-14-11(17)5-10(6-12(14)18)15(22)21-16-20-13(8-24-16)9-3-2-4-19-7-9/h2-8H,1H3,(H,20,21,22). The molecule has 1 aromatic carbocycles. The Morgan fingerprint density at radius 3 is 2.67 bits per heavy atom. The number of ether oxygens (including phenoxy) is 1. The molecule has 3 aromatic rings.